The van der Waals surface area contributed by atoms with Gasteiger partial charge in [-0.1, -0.05) is 5.92 Å². The maximum atomic E-state index is 11.8. The van der Waals surface area contributed by atoms with E-state index in [9.17, 15) is 26.3 Å². The third-order valence-corrected chi connectivity index (χ3v) is 1.17. The molecule has 0 spiro atoms. The van der Waals surface area contributed by atoms with Crippen molar-refractivity contribution in [3.05, 3.63) is 0 Å². The summed E-state index contributed by atoms with van der Waals surface area (Å²) >= 11 is 0. The molecule has 8 heteroatoms. The molecule has 0 fully saturated rings. The minimum absolute atomic E-state index is 0.531. The lowest BCUT2D eigenvalue weighted by molar-refractivity contribution is -0.343. The van der Waals surface area contributed by atoms with Gasteiger partial charge >= 0.3 is 18.0 Å². The highest BCUT2D eigenvalue weighted by atomic mass is 19.4. The van der Waals surface area contributed by atoms with Crippen molar-refractivity contribution in [3.63, 3.8) is 0 Å². The third-order valence-electron chi connectivity index (χ3n) is 1.17. The van der Waals surface area contributed by atoms with Gasteiger partial charge in [0.1, 0.15) is 6.61 Å². The van der Waals surface area contributed by atoms with Crippen molar-refractivity contribution in [3.8, 4) is 11.8 Å². The third kappa shape index (κ3) is 2.30. The number of hydrogen-bond donors (Lipinski definition) is 2. The van der Waals surface area contributed by atoms with Gasteiger partial charge in [-0.05, 0) is 5.92 Å². The fraction of sp³-hybridized carbons (Fsp3) is 0.667. The van der Waals surface area contributed by atoms with E-state index in [1.165, 1.54) is 0 Å². The van der Waals surface area contributed by atoms with Gasteiger partial charge in [-0.2, -0.15) is 26.3 Å². The van der Waals surface area contributed by atoms with Crippen LogP contribution in [0.25, 0.3) is 0 Å². The maximum absolute atomic E-state index is 11.8. The second-order valence-electron chi connectivity index (χ2n) is 2.17. The van der Waals surface area contributed by atoms with Crippen molar-refractivity contribution in [1.82, 2.24) is 0 Å². The quantitative estimate of drug-likeness (QED) is 0.471. The molecule has 0 aromatic carbocycles. The van der Waals surface area contributed by atoms with Gasteiger partial charge in [-0.15, -0.1) is 0 Å². The van der Waals surface area contributed by atoms with Crippen molar-refractivity contribution in [2.45, 2.75) is 18.0 Å². The van der Waals surface area contributed by atoms with Crippen molar-refractivity contribution in [2.24, 2.45) is 0 Å². The van der Waals surface area contributed by atoms with Crippen molar-refractivity contribution < 1.29 is 36.6 Å². The predicted molar refractivity (Wildman–Crippen MR) is 31.9 cm³/mol. The number of hydrogen-bond acceptors (Lipinski definition) is 2. The lowest BCUT2D eigenvalue weighted by atomic mass is 10.0. The number of aliphatic hydroxyl groups is 2. The topological polar surface area (TPSA) is 40.5 Å². The van der Waals surface area contributed by atoms with Crippen LogP contribution in [-0.4, -0.2) is 34.8 Å². The minimum atomic E-state index is -5.96. The highest BCUT2D eigenvalue weighted by molar-refractivity contribution is 5.20. The number of halogens is 6. The van der Waals surface area contributed by atoms with E-state index >= 15 is 0 Å². The van der Waals surface area contributed by atoms with Crippen LogP contribution in [0.1, 0.15) is 0 Å². The van der Waals surface area contributed by atoms with Gasteiger partial charge in [0.2, 0.25) is 0 Å². The Morgan fingerprint density at radius 2 is 1.29 bits per heavy atom. The maximum Gasteiger partial charge on any atom is 0.438 e. The molecule has 0 bridgehead atoms. The summed E-state index contributed by atoms with van der Waals surface area (Å²) in [4.78, 5) is 0. The second-order valence-corrected chi connectivity index (χ2v) is 2.17. The fourth-order valence-corrected chi connectivity index (χ4v) is 0.470. The highest BCUT2D eigenvalue weighted by Crippen LogP contribution is 2.42. The molecule has 0 heterocycles. The van der Waals surface area contributed by atoms with Crippen LogP contribution in [0.3, 0.4) is 0 Å². The van der Waals surface area contributed by atoms with E-state index < -0.39 is 24.6 Å². The van der Waals surface area contributed by atoms with Gasteiger partial charge in [-0.3, -0.25) is 0 Å². The summed E-state index contributed by atoms with van der Waals surface area (Å²) in [6, 6.07) is 0. The Morgan fingerprint density at radius 1 is 0.929 bits per heavy atom. The molecule has 0 amide bonds. The molecule has 0 aromatic rings. The summed E-state index contributed by atoms with van der Waals surface area (Å²) in [5.74, 6) is 1.65. The van der Waals surface area contributed by atoms with Crippen LogP contribution in [0.2, 0.25) is 0 Å². The predicted octanol–water partition coefficient (Wildman–Crippen LogP) is 0.838. The lowest BCUT2D eigenvalue weighted by Crippen LogP contribution is -2.55. The molecule has 0 aliphatic heterocycles. The molecule has 0 atom stereocenters. The monoisotopic (exact) mass is 222 g/mol. The first-order valence-electron chi connectivity index (χ1n) is 3.03. The molecular weight excluding hydrogens is 218 g/mol. The average Bonchev–Trinajstić information content (AvgIpc) is 1.95. The molecule has 0 aliphatic carbocycles. The summed E-state index contributed by atoms with van der Waals surface area (Å²) in [6.07, 6.45) is -11.9. The summed E-state index contributed by atoms with van der Waals surface area (Å²) in [5.41, 5.74) is -5.09. The van der Waals surface area contributed by atoms with E-state index in [2.05, 4.69) is 0 Å². The fourth-order valence-electron chi connectivity index (χ4n) is 0.470. The smallest absolute Gasteiger partial charge is 0.384 e. The molecule has 0 rings (SSSR count). The zero-order valence-corrected chi connectivity index (χ0v) is 6.37. The van der Waals surface area contributed by atoms with Crippen LogP contribution >= 0.6 is 0 Å². The molecule has 0 unspecified atom stereocenters. The lowest BCUT2D eigenvalue weighted by Gasteiger charge is -2.27. The largest absolute Gasteiger partial charge is 0.438 e. The van der Waals surface area contributed by atoms with E-state index in [1.807, 2.05) is 0 Å². The van der Waals surface area contributed by atoms with Crippen molar-refractivity contribution in [1.29, 1.82) is 0 Å². The summed E-state index contributed by atoms with van der Waals surface area (Å²) in [7, 11) is 0. The van der Waals surface area contributed by atoms with Gasteiger partial charge in [0.25, 0.3) is 0 Å². The van der Waals surface area contributed by atoms with Crippen LogP contribution in [0, 0.1) is 11.8 Å². The zero-order chi connectivity index (χ0) is 11.6. The molecule has 0 aliphatic rings. The molecule has 14 heavy (non-hydrogen) atoms. The van der Waals surface area contributed by atoms with E-state index in [1.54, 1.807) is 0 Å². The Labute approximate surface area is 74.1 Å². The number of rotatable bonds is 0. The Hall–Kier alpha value is -0.940. The molecule has 82 valence electrons. The molecule has 0 saturated heterocycles. The molecular formula is C6H4F6O2. The summed E-state index contributed by atoms with van der Waals surface area (Å²) in [5, 5.41) is 16.2. The van der Waals surface area contributed by atoms with E-state index in [0.717, 1.165) is 5.92 Å². The van der Waals surface area contributed by atoms with Crippen molar-refractivity contribution >= 4 is 0 Å². The van der Waals surface area contributed by atoms with Crippen LogP contribution in [-0.2, 0) is 0 Å². The average molecular weight is 222 g/mol. The summed E-state index contributed by atoms with van der Waals surface area (Å²) < 4.78 is 70.6. The first-order chi connectivity index (χ1) is 6.06. The Balaban J connectivity index is 5.29. The molecule has 0 aromatic heterocycles. The second kappa shape index (κ2) is 3.67. The van der Waals surface area contributed by atoms with Crippen LogP contribution in [0.15, 0.2) is 0 Å². The standard InChI is InChI=1S/C6H4F6O2/c7-5(8,9)4(14,2-1-3-13)6(10,11)12/h13-14H,3H2. The van der Waals surface area contributed by atoms with Gasteiger partial charge in [-0.25, -0.2) is 0 Å². The number of aliphatic hydroxyl groups excluding tert-OH is 1. The van der Waals surface area contributed by atoms with Gasteiger partial charge in [0, 0.05) is 0 Å². The van der Waals surface area contributed by atoms with Gasteiger partial charge < -0.3 is 10.2 Å². The van der Waals surface area contributed by atoms with Crippen LogP contribution < -0.4 is 0 Å². The van der Waals surface area contributed by atoms with Crippen LogP contribution in [0.4, 0.5) is 26.3 Å². The first-order valence-corrected chi connectivity index (χ1v) is 3.03. The van der Waals surface area contributed by atoms with E-state index in [-0.39, 0.29) is 0 Å². The van der Waals surface area contributed by atoms with E-state index in [4.69, 9.17) is 10.2 Å². The van der Waals surface area contributed by atoms with Crippen molar-refractivity contribution in [2.75, 3.05) is 6.61 Å². The normalized spacial score (nSPS) is 13.4. The molecule has 2 N–H and O–H groups in total. The SMILES string of the molecule is OCC#CC(O)(C(F)(F)F)C(F)(F)F. The van der Waals surface area contributed by atoms with Crippen LogP contribution in [0.5, 0.6) is 0 Å². The molecule has 0 saturated carbocycles. The van der Waals surface area contributed by atoms with E-state index in [0.29, 0.717) is 5.92 Å². The Bertz CT molecular complexity index is 240. The zero-order valence-electron chi connectivity index (χ0n) is 6.37. The van der Waals surface area contributed by atoms with Gasteiger partial charge in [0.15, 0.2) is 0 Å². The first kappa shape index (κ1) is 13.1. The number of alkyl halides is 6. The highest BCUT2D eigenvalue weighted by Gasteiger charge is 2.70. The minimum Gasteiger partial charge on any atom is -0.384 e. The Kier molecular flexibility index (Phi) is 3.42. The summed E-state index contributed by atoms with van der Waals surface area (Å²) in [6.45, 7) is -1.21. The molecule has 2 nitrogen and oxygen atoms in total. The Morgan fingerprint density at radius 3 is 1.50 bits per heavy atom. The molecule has 0 radical (unpaired) electrons. The van der Waals surface area contributed by atoms with Gasteiger partial charge in [0.05, 0.1) is 0 Å².